The Hall–Kier alpha value is -8.76. The van der Waals surface area contributed by atoms with Crippen LogP contribution in [0.5, 0.6) is 0 Å². The topological polar surface area (TPSA) is 8.17 Å². The van der Waals surface area contributed by atoms with Crippen LogP contribution in [-0.4, -0.2) is 4.57 Å². The second-order valence-electron chi connectivity index (χ2n) is 18.7. The third-order valence-electron chi connectivity index (χ3n) is 15.2. The van der Waals surface area contributed by atoms with Gasteiger partial charge in [0, 0.05) is 43.2 Å². The second kappa shape index (κ2) is 15.1. The molecule has 2 aliphatic rings. The quantitative estimate of drug-likeness (QED) is 0.161. The van der Waals surface area contributed by atoms with Gasteiger partial charge in [-0.3, -0.25) is 0 Å². The first-order valence-corrected chi connectivity index (χ1v) is 25.0. The van der Waals surface area contributed by atoms with Gasteiger partial charge >= 0.3 is 0 Å². The molecule has 70 heavy (non-hydrogen) atoms. The zero-order valence-corrected chi connectivity index (χ0v) is 38.9. The van der Waals surface area contributed by atoms with Gasteiger partial charge < -0.3 is 9.47 Å². The fraction of sp³-hybridized carbons (Fsp3) is 0.0149. The third kappa shape index (κ3) is 5.44. The molecule has 2 heterocycles. The molecule has 326 valence electrons. The van der Waals surface area contributed by atoms with Gasteiger partial charge in [0.2, 0.25) is 0 Å². The molecule has 0 saturated carbocycles. The van der Waals surface area contributed by atoms with Crippen molar-refractivity contribution in [3.63, 3.8) is 0 Å². The van der Waals surface area contributed by atoms with E-state index in [-0.39, 0.29) is 0 Å². The Morgan fingerprint density at radius 1 is 0.329 bits per heavy atom. The molecule has 1 spiro atoms. The fourth-order valence-electron chi connectivity index (χ4n) is 12.4. The second-order valence-corrected chi connectivity index (χ2v) is 19.7. The lowest BCUT2D eigenvalue weighted by atomic mass is 9.70. The number of para-hydroxylation sites is 3. The van der Waals surface area contributed by atoms with E-state index >= 15 is 0 Å². The van der Waals surface area contributed by atoms with Gasteiger partial charge in [-0.15, -0.1) is 11.3 Å². The van der Waals surface area contributed by atoms with Gasteiger partial charge in [0.25, 0.3) is 0 Å². The highest BCUT2D eigenvalue weighted by Crippen LogP contribution is 2.63. The van der Waals surface area contributed by atoms with Crippen molar-refractivity contribution in [2.45, 2.75) is 5.41 Å². The highest BCUT2D eigenvalue weighted by molar-refractivity contribution is 7.26. The van der Waals surface area contributed by atoms with Crippen LogP contribution in [0, 0.1) is 0 Å². The van der Waals surface area contributed by atoms with Crippen LogP contribution in [0.15, 0.2) is 255 Å². The summed E-state index contributed by atoms with van der Waals surface area (Å²) in [6, 6.07) is 94.7. The molecule has 2 nitrogen and oxygen atoms in total. The standard InChI is InChI=1S/C67H42N2S/c1-2-19-44(20-3-1)68(45-38-39-51-50-25-8-14-32-59(50)67(60(51)42-45)57-30-12-6-23-48(57)49-24-7-13-31-58(49)67)61-33-15-9-26-52(61)47-22-5-4-21-46(47)43-37-40-63-56(41-43)53-27-10-16-34-62(53)69(63)64-35-18-29-55-54-28-11-17-36-65(54)70-66(55)64/h1-42H. The zero-order valence-electron chi connectivity index (χ0n) is 38.1. The minimum absolute atomic E-state index is 0.449. The summed E-state index contributed by atoms with van der Waals surface area (Å²) in [6.45, 7) is 0. The van der Waals surface area contributed by atoms with Gasteiger partial charge in [0.05, 0.1) is 32.5 Å². The average Bonchev–Trinajstić information content (AvgIpc) is 4.16. The largest absolute Gasteiger partial charge is 0.310 e. The lowest BCUT2D eigenvalue weighted by Crippen LogP contribution is -2.26. The molecule has 15 rings (SSSR count). The minimum atomic E-state index is -0.449. The molecule has 2 aromatic heterocycles. The molecule has 0 fully saturated rings. The van der Waals surface area contributed by atoms with Crippen LogP contribution in [0.25, 0.3) is 92.2 Å². The molecule has 0 radical (unpaired) electrons. The predicted molar refractivity (Wildman–Crippen MR) is 296 cm³/mol. The Balaban J connectivity index is 0.915. The summed E-state index contributed by atoms with van der Waals surface area (Å²) in [7, 11) is 0. The van der Waals surface area contributed by atoms with Crippen LogP contribution in [0.2, 0.25) is 0 Å². The molecule has 0 bridgehead atoms. The van der Waals surface area contributed by atoms with Crippen molar-refractivity contribution in [2.75, 3.05) is 4.90 Å². The predicted octanol–water partition coefficient (Wildman–Crippen LogP) is 18.3. The van der Waals surface area contributed by atoms with Gasteiger partial charge in [-0.05, 0) is 122 Å². The number of hydrogen-bond acceptors (Lipinski definition) is 2. The number of anilines is 3. The molecule has 0 atom stereocenters. The number of aromatic nitrogens is 1. The van der Waals surface area contributed by atoms with E-state index in [1.54, 1.807) is 0 Å². The van der Waals surface area contributed by atoms with Crippen LogP contribution in [0.4, 0.5) is 17.1 Å². The van der Waals surface area contributed by atoms with Crippen molar-refractivity contribution in [1.82, 2.24) is 4.57 Å². The first kappa shape index (κ1) is 39.3. The Labute approximate surface area is 410 Å². The van der Waals surface area contributed by atoms with E-state index in [9.17, 15) is 0 Å². The number of hydrogen-bond donors (Lipinski definition) is 0. The molecule has 0 N–H and O–H groups in total. The summed E-state index contributed by atoms with van der Waals surface area (Å²) >= 11 is 1.88. The summed E-state index contributed by atoms with van der Waals surface area (Å²) in [5.74, 6) is 0. The molecule has 3 heteroatoms. The Morgan fingerprint density at radius 2 is 0.886 bits per heavy atom. The number of thiophene rings is 1. The first-order chi connectivity index (χ1) is 34.8. The average molecular weight is 907 g/mol. The lowest BCUT2D eigenvalue weighted by Gasteiger charge is -2.32. The molecule has 0 unspecified atom stereocenters. The molecular formula is C67H42N2S. The fourth-order valence-corrected chi connectivity index (χ4v) is 13.6. The number of fused-ring (bicyclic) bond motifs is 16. The van der Waals surface area contributed by atoms with E-state index < -0.39 is 5.41 Å². The van der Waals surface area contributed by atoms with Crippen LogP contribution in [0.1, 0.15) is 22.3 Å². The number of nitrogens with zero attached hydrogens (tertiary/aromatic N) is 2. The van der Waals surface area contributed by atoms with Crippen LogP contribution >= 0.6 is 11.3 Å². The van der Waals surface area contributed by atoms with Gasteiger partial charge in [0.1, 0.15) is 0 Å². The monoisotopic (exact) mass is 906 g/mol. The molecular weight excluding hydrogens is 865 g/mol. The smallest absolute Gasteiger partial charge is 0.0726 e. The maximum Gasteiger partial charge on any atom is 0.0726 e. The van der Waals surface area contributed by atoms with Crippen molar-refractivity contribution >= 4 is 70.4 Å². The van der Waals surface area contributed by atoms with Crippen molar-refractivity contribution in [3.8, 4) is 50.2 Å². The number of benzene rings is 11. The third-order valence-corrected chi connectivity index (χ3v) is 16.4. The van der Waals surface area contributed by atoms with E-state index in [2.05, 4.69) is 264 Å². The van der Waals surface area contributed by atoms with Crippen LogP contribution in [0.3, 0.4) is 0 Å². The summed E-state index contributed by atoms with van der Waals surface area (Å²) in [4.78, 5) is 2.47. The number of rotatable bonds is 6. The highest BCUT2D eigenvalue weighted by atomic mass is 32.1. The summed E-state index contributed by atoms with van der Waals surface area (Å²) < 4.78 is 5.10. The normalized spacial score (nSPS) is 13.0. The van der Waals surface area contributed by atoms with E-state index in [0.717, 1.165) is 22.6 Å². The lowest BCUT2D eigenvalue weighted by molar-refractivity contribution is 0.793. The summed E-state index contributed by atoms with van der Waals surface area (Å²) in [5, 5.41) is 5.10. The minimum Gasteiger partial charge on any atom is -0.310 e. The van der Waals surface area contributed by atoms with E-state index in [4.69, 9.17) is 0 Å². The Morgan fingerprint density at radius 3 is 1.63 bits per heavy atom. The Bertz CT molecular complexity index is 4200. The van der Waals surface area contributed by atoms with Crippen molar-refractivity contribution in [2.24, 2.45) is 0 Å². The van der Waals surface area contributed by atoms with Crippen molar-refractivity contribution < 1.29 is 0 Å². The molecule has 13 aromatic rings. The first-order valence-electron chi connectivity index (χ1n) is 24.2. The Kier molecular flexibility index (Phi) is 8.48. The summed E-state index contributed by atoms with van der Waals surface area (Å²) in [5.41, 5.74) is 21.8. The van der Waals surface area contributed by atoms with Gasteiger partial charge in [-0.1, -0.05) is 194 Å². The SMILES string of the molecule is c1ccc(N(c2ccc3c(c2)C2(c4ccccc4-c4ccccc42)c2ccccc2-3)c2ccccc2-c2ccccc2-c2ccc3c(c2)c2ccccc2n3-c2cccc3c2sc2ccccc23)cc1. The van der Waals surface area contributed by atoms with Gasteiger partial charge in [-0.25, -0.2) is 0 Å². The molecule has 2 aliphatic carbocycles. The van der Waals surface area contributed by atoms with Crippen molar-refractivity contribution in [1.29, 1.82) is 0 Å². The van der Waals surface area contributed by atoms with E-state index in [1.165, 1.54) is 109 Å². The molecule has 0 amide bonds. The summed E-state index contributed by atoms with van der Waals surface area (Å²) in [6.07, 6.45) is 0. The van der Waals surface area contributed by atoms with Gasteiger partial charge in [-0.2, -0.15) is 0 Å². The maximum absolute atomic E-state index is 2.49. The highest BCUT2D eigenvalue weighted by Gasteiger charge is 2.51. The maximum atomic E-state index is 2.49. The van der Waals surface area contributed by atoms with E-state index in [1.807, 2.05) is 11.3 Å². The van der Waals surface area contributed by atoms with Crippen LogP contribution < -0.4 is 4.90 Å². The van der Waals surface area contributed by atoms with Gasteiger partial charge in [0.15, 0.2) is 0 Å². The molecule has 0 aliphatic heterocycles. The van der Waals surface area contributed by atoms with Crippen LogP contribution in [-0.2, 0) is 5.41 Å². The van der Waals surface area contributed by atoms with Crippen molar-refractivity contribution in [3.05, 3.63) is 277 Å². The van der Waals surface area contributed by atoms with E-state index in [0.29, 0.717) is 0 Å². The zero-order chi connectivity index (χ0) is 45.9. The molecule has 0 saturated heterocycles. The molecule has 11 aromatic carbocycles.